The normalized spacial score (nSPS) is 14.2. The monoisotopic (exact) mass is 313 g/mol. The van der Waals surface area contributed by atoms with Gasteiger partial charge in [-0.25, -0.2) is 0 Å². The Kier molecular flexibility index (Phi) is 6.98. The average molecular weight is 314 g/mol. The Bertz CT molecular complexity index is 490. The van der Waals surface area contributed by atoms with Crippen molar-refractivity contribution in [3.05, 3.63) is 29.8 Å². The van der Waals surface area contributed by atoms with E-state index in [1.807, 2.05) is 0 Å². The van der Waals surface area contributed by atoms with Crippen LogP contribution in [-0.4, -0.2) is 49.6 Å². The predicted octanol–water partition coefficient (Wildman–Crippen LogP) is 0.669. The largest absolute Gasteiger partial charge is 0.398 e. The molecule has 6 nitrogen and oxygen atoms in total. The SMILES string of the molecule is Cl.Nc1ccccc1C(=O)NCCC(=O)N1CCOCC1. The molecule has 0 spiro atoms. The lowest BCUT2D eigenvalue weighted by molar-refractivity contribution is -0.135. The fourth-order valence-corrected chi connectivity index (χ4v) is 2.05. The highest BCUT2D eigenvalue weighted by Crippen LogP contribution is 2.09. The van der Waals surface area contributed by atoms with E-state index in [1.165, 1.54) is 0 Å². The number of carbonyl (C=O) groups excluding carboxylic acids is 2. The summed E-state index contributed by atoms with van der Waals surface area (Å²) in [7, 11) is 0. The molecule has 1 saturated heterocycles. The van der Waals surface area contributed by atoms with Crippen LogP contribution in [0.4, 0.5) is 5.69 Å². The Morgan fingerprint density at radius 2 is 1.90 bits per heavy atom. The summed E-state index contributed by atoms with van der Waals surface area (Å²) in [5.74, 6) is -0.215. The van der Waals surface area contributed by atoms with E-state index >= 15 is 0 Å². The maximum atomic E-state index is 11.9. The molecule has 0 saturated carbocycles. The molecule has 0 radical (unpaired) electrons. The van der Waals surface area contributed by atoms with E-state index in [1.54, 1.807) is 29.2 Å². The Hall–Kier alpha value is -1.79. The number of hydrogen-bond acceptors (Lipinski definition) is 4. The van der Waals surface area contributed by atoms with Gasteiger partial charge in [-0.3, -0.25) is 9.59 Å². The van der Waals surface area contributed by atoms with Gasteiger partial charge in [0.2, 0.25) is 5.91 Å². The summed E-state index contributed by atoms with van der Waals surface area (Å²) >= 11 is 0. The van der Waals surface area contributed by atoms with Gasteiger partial charge in [0.05, 0.1) is 18.8 Å². The number of ether oxygens (including phenoxy) is 1. The molecule has 21 heavy (non-hydrogen) atoms. The minimum Gasteiger partial charge on any atom is -0.398 e. The van der Waals surface area contributed by atoms with Crippen molar-refractivity contribution in [1.82, 2.24) is 10.2 Å². The highest BCUT2D eigenvalue weighted by atomic mass is 35.5. The van der Waals surface area contributed by atoms with Crippen molar-refractivity contribution in [3.63, 3.8) is 0 Å². The number of anilines is 1. The minimum absolute atomic E-state index is 0. The number of morpholine rings is 1. The highest BCUT2D eigenvalue weighted by Gasteiger charge is 2.16. The molecule has 2 rings (SSSR count). The van der Waals surface area contributed by atoms with E-state index in [4.69, 9.17) is 10.5 Å². The molecule has 1 heterocycles. The molecule has 0 bridgehead atoms. The molecule has 116 valence electrons. The Labute approximate surface area is 130 Å². The predicted molar refractivity (Wildman–Crippen MR) is 82.5 cm³/mol. The van der Waals surface area contributed by atoms with Gasteiger partial charge in [0.25, 0.3) is 5.91 Å². The molecule has 2 amide bonds. The number of benzene rings is 1. The van der Waals surface area contributed by atoms with Crippen molar-refractivity contribution in [3.8, 4) is 0 Å². The van der Waals surface area contributed by atoms with Crippen LogP contribution in [0.15, 0.2) is 24.3 Å². The number of halogens is 1. The average Bonchev–Trinajstić information content (AvgIpc) is 2.48. The molecule has 1 aliphatic heterocycles. The first-order valence-electron chi connectivity index (χ1n) is 6.66. The zero-order valence-electron chi connectivity index (χ0n) is 11.7. The lowest BCUT2D eigenvalue weighted by Gasteiger charge is -2.26. The third-order valence-corrected chi connectivity index (χ3v) is 3.19. The van der Waals surface area contributed by atoms with E-state index in [9.17, 15) is 9.59 Å². The van der Waals surface area contributed by atoms with Crippen molar-refractivity contribution >= 4 is 29.9 Å². The number of amides is 2. The molecular weight excluding hydrogens is 294 g/mol. The van der Waals surface area contributed by atoms with Gasteiger partial charge in [-0.15, -0.1) is 12.4 Å². The molecule has 3 N–H and O–H groups in total. The smallest absolute Gasteiger partial charge is 0.253 e. The summed E-state index contributed by atoms with van der Waals surface area (Å²) in [6.07, 6.45) is 0.290. The van der Waals surface area contributed by atoms with Gasteiger partial charge in [-0.2, -0.15) is 0 Å². The van der Waals surface area contributed by atoms with Crippen molar-refractivity contribution in [2.75, 3.05) is 38.6 Å². The summed E-state index contributed by atoms with van der Waals surface area (Å²) in [5, 5.41) is 2.71. The van der Waals surface area contributed by atoms with Crippen molar-refractivity contribution in [2.45, 2.75) is 6.42 Å². The summed E-state index contributed by atoms with van der Waals surface area (Å²) in [5.41, 5.74) is 6.59. The van der Waals surface area contributed by atoms with Gasteiger partial charge in [0, 0.05) is 31.7 Å². The van der Waals surface area contributed by atoms with Gasteiger partial charge in [-0.1, -0.05) is 12.1 Å². The summed E-state index contributed by atoms with van der Waals surface area (Å²) < 4.78 is 5.19. The number of hydrogen-bond donors (Lipinski definition) is 2. The van der Waals surface area contributed by atoms with Crippen LogP contribution in [0.5, 0.6) is 0 Å². The van der Waals surface area contributed by atoms with Crippen LogP contribution in [0.25, 0.3) is 0 Å². The zero-order chi connectivity index (χ0) is 14.4. The van der Waals surface area contributed by atoms with Crippen LogP contribution in [0.1, 0.15) is 16.8 Å². The lowest BCUT2D eigenvalue weighted by atomic mass is 10.1. The van der Waals surface area contributed by atoms with Crippen LogP contribution in [0.2, 0.25) is 0 Å². The quantitative estimate of drug-likeness (QED) is 0.800. The van der Waals surface area contributed by atoms with Gasteiger partial charge in [0.15, 0.2) is 0 Å². The number of rotatable bonds is 4. The van der Waals surface area contributed by atoms with Crippen molar-refractivity contribution in [1.29, 1.82) is 0 Å². The number of carbonyl (C=O) groups is 2. The number of nitrogen functional groups attached to an aromatic ring is 1. The van der Waals surface area contributed by atoms with Gasteiger partial charge >= 0.3 is 0 Å². The number of nitrogens with zero attached hydrogens (tertiary/aromatic N) is 1. The number of nitrogens with two attached hydrogens (primary N) is 1. The Morgan fingerprint density at radius 3 is 2.57 bits per heavy atom. The second kappa shape index (κ2) is 8.49. The summed E-state index contributed by atoms with van der Waals surface area (Å²) in [4.78, 5) is 25.5. The number of nitrogens with one attached hydrogen (secondary N) is 1. The minimum atomic E-state index is -0.252. The van der Waals surface area contributed by atoms with Gasteiger partial charge in [-0.05, 0) is 12.1 Å². The fourth-order valence-electron chi connectivity index (χ4n) is 2.05. The topological polar surface area (TPSA) is 84.7 Å². The summed E-state index contributed by atoms with van der Waals surface area (Å²) in [6.45, 7) is 2.72. The standard InChI is InChI=1S/C14H19N3O3.ClH/c15-12-4-2-1-3-11(12)14(19)16-6-5-13(18)17-7-9-20-10-8-17;/h1-4H,5-10,15H2,(H,16,19);1H. The molecule has 1 aromatic rings. The van der Waals surface area contributed by atoms with E-state index in [0.717, 1.165) is 0 Å². The molecule has 1 aliphatic rings. The maximum absolute atomic E-state index is 11.9. The first-order valence-corrected chi connectivity index (χ1v) is 6.66. The Balaban J connectivity index is 0.00000220. The third kappa shape index (κ3) is 4.91. The van der Waals surface area contributed by atoms with Crippen LogP contribution < -0.4 is 11.1 Å². The van der Waals surface area contributed by atoms with Crippen LogP contribution in [0.3, 0.4) is 0 Å². The molecule has 0 atom stereocenters. The zero-order valence-corrected chi connectivity index (χ0v) is 12.5. The number of para-hydroxylation sites is 1. The van der Waals surface area contributed by atoms with Crippen molar-refractivity contribution in [2.24, 2.45) is 0 Å². The third-order valence-electron chi connectivity index (χ3n) is 3.19. The van der Waals surface area contributed by atoms with Crippen LogP contribution in [-0.2, 0) is 9.53 Å². The lowest BCUT2D eigenvalue weighted by Crippen LogP contribution is -2.42. The van der Waals surface area contributed by atoms with Crippen LogP contribution in [0, 0.1) is 0 Å². The molecule has 0 aliphatic carbocycles. The van der Waals surface area contributed by atoms with E-state index in [2.05, 4.69) is 5.32 Å². The molecule has 7 heteroatoms. The second-order valence-electron chi connectivity index (χ2n) is 4.59. The molecule has 1 fully saturated rings. The van der Waals surface area contributed by atoms with E-state index in [-0.39, 0.29) is 24.2 Å². The van der Waals surface area contributed by atoms with E-state index in [0.29, 0.717) is 50.5 Å². The van der Waals surface area contributed by atoms with Crippen molar-refractivity contribution < 1.29 is 14.3 Å². The van der Waals surface area contributed by atoms with Crippen LogP contribution >= 0.6 is 12.4 Å². The fraction of sp³-hybridized carbons (Fsp3) is 0.429. The molecule has 0 unspecified atom stereocenters. The summed E-state index contributed by atoms with van der Waals surface area (Å²) in [6, 6.07) is 6.86. The molecule has 1 aromatic carbocycles. The molecule has 0 aromatic heterocycles. The Morgan fingerprint density at radius 1 is 1.24 bits per heavy atom. The maximum Gasteiger partial charge on any atom is 0.253 e. The van der Waals surface area contributed by atoms with Gasteiger partial charge < -0.3 is 20.7 Å². The molecular formula is C14H20ClN3O3. The second-order valence-corrected chi connectivity index (χ2v) is 4.59. The highest BCUT2D eigenvalue weighted by molar-refractivity contribution is 5.99. The van der Waals surface area contributed by atoms with Gasteiger partial charge in [0.1, 0.15) is 0 Å². The first-order chi connectivity index (χ1) is 9.68. The first kappa shape index (κ1) is 17.3. The van der Waals surface area contributed by atoms with E-state index < -0.39 is 0 Å².